The van der Waals surface area contributed by atoms with E-state index in [0.29, 0.717) is 5.57 Å². The molecule has 0 saturated carbocycles. The van der Waals surface area contributed by atoms with Crippen molar-refractivity contribution in [2.75, 3.05) is 7.11 Å². The van der Waals surface area contributed by atoms with Crippen LogP contribution in [0.2, 0.25) is 0 Å². The number of hydrogen-bond acceptors (Lipinski definition) is 4. The van der Waals surface area contributed by atoms with Crippen LogP contribution in [0.1, 0.15) is 54.0 Å². The summed E-state index contributed by atoms with van der Waals surface area (Å²) in [4.78, 5) is 13.6. The van der Waals surface area contributed by atoms with Gasteiger partial charge in [0.2, 0.25) is 0 Å². The van der Waals surface area contributed by atoms with E-state index in [1.54, 1.807) is 7.11 Å². The van der Waals surface area contributed by atoms with Gasteiger partial charge in [0, 0.05) is 5.92 Å². The minimum absolute atomic E-state index is 0.0661. The summed E-state index contributed by atoms with van der Waals surface area (Å²) in [5, 5.41) is 11.4. The van der Waals surface area contributed by atoms with Gasteiger partial charge in [-0.05, 0) is 60.6 Å². The fraction of sp³-hybridized carbons (Fsp3) is 0.444. The number of ether oxygens (including phenoxy) is 2. The Labute approximate surface area is 183 Å². The van der Waals surface area contributed by atoms with E-state index in [9.17, 15) is 9.90 Å². The van der Waals surface area contributed by atoms with Gasteiger partial charge in [0.25, 0.3) is 0 Å². The zero-order valence-electron chi connectivity index (χ0n) is 18.6. The molecule has 2 heterocycles. The van der Waals surface area contributed by atoms with Crippen molar-refractivity contribution in [3.63, 3.8) is 0 Å². The summed E-state index contributed by atoms with van der Waals surface area (Å²) < 4.78 is 11.6. The number of carbonyl (C=O) groups is 1. The first-order chi connectivity index (χ1) is 15.0. The van der Waals surface area contributed by atoms with Gasteiger partial charge in [0.05, 0.1) is 36.7 Å². The number of ketones is 1. The number of allylic oxidation sites excluding steroid dienone is 1. The summed E-state index contributed by atoms with van der Waals surface area (Å²) in [6.45, 7) is 6.32. The molecule has 0 spiro atoms. The van der Waals surface area contributed by atoms with Crippen molar-refractivity contribution in [3.8, 4) is 5.75 Å². The summed E-state index contributed by atoms with van der Waals surface area (Å²) in [5.74, 6) is 0.811. The fourth-order valence-corrected chi connectivity index (χ4v) is 6.10. The van der Waals surface area contributed by atoms with Crippen molar-refractivity contribution in [1.29, 1.82) is 0 Å². The highest BCUT2D eigenvalue weighted by molar-refractivity contribution is 6.26. The fourth-order valence-electron chi connectivity index (χ4n) is 6.10. The van der Waals surface area contributed by atoms with E-state index in [1.807, 2.05) is 12.1 Å². The molecule has 2 fully saturated rings. The number of aliphatic hydroxyl groups excluding tert-OH is 1. The van der Waals surface area contributed by atoms with Gasteiger partial charge < -0.3 is 14.6 Å². The van der Waals surface area contributed by atoms with Gasteiger partial charge >= 0.3 is 0 Å². The van der Waals surface area contributed by atoms with Crippen LogP contribution < -0.4 is 4.74 Å². The molecule has 1 unspecified atom stereocenters. The molecule has 2 aliphatic heterocycles. The lowest BCUT2D eigenvalue weighted by atomic mass is 9.72. The number of carbonyl (C=O) groups excluding carboxylic acids is 1. The number of benzene rings is 2. The highest BCUT2D eigenvalue weighted by atomic mass is 16.5. The Balaban J connectivity index is 1.56. The van der Waals surface area contributed by atoms with E-state index in [4.69, 9.17) is 9.47 Å². The Morgan fingerprint density at radius 1 is 1.06 bits per heavy atom. The molecule has 0 amide bonds. The van der Waals surface area contributed by atoms with Gasteiger partial charge in [0.1, 0.15) is 11.5 Å². The number of hydrogen-bond donors (Lipinski definition) is 1. The Hall–Kier alpha value is -2.59. The summed E-state index contributed by atoms with van der Waals surface area (Å²) in [7, 11) is 1.66. The Bertz CT molecular complexity index is 1040. The van der Waals surface area contributed by atoms with Gasteiger partial charge in [0.15, 0.2) is 5.78 Å². The van der Waals surface area contributed by atoms with Crippen LogP contribution in [-0.4, -0.2) is 30.2 Å². The molecule has 31 heavy (non-hydrogen) atoms. The van der Waals surface area contributed by atoms with Crippen molar-refractivity contribution in [2.45, 2.75) is 58.2 Å². The highest BCUT2D eigenvalue weighted by Gasteiger charge is 2.62. The van der Waals surface area contributed by atoms with Crippen LogP contribution in [0.5, 0.6) is 5.75 Å². The molecule has 1 N–H and O–H groups in total. The molecule has 4 nitrogen and oxygen atoms in total. The maximum absolute atomic E-state index is 13.6. The van der Waals surface area contributed by atoms with Crippen molar-refractivity contribution in [2.24, 2.45) is 11.8 Å². The van der Waals surface area contributed by atoms with Crippen molar-refractivity contribution >= 4 is 11.4 Å². The van der Waals surface area contributed by atoms with Gasteiger partial charge in [-0.2, -0.15) is 0 Å². The lowest BCUT2D eigenvalue weighted by Gasteiger charge is -2.27. The molecular weight excluding hydrogens is 388 g/mol. The number of fused-ring (bicyclic) bond motifs is 5. The predicted molar refractivity (Wildman–Crippen MR) is 120 cm³/mol. The number of rotatable bonds is 5. The number of aliphatic hydroxyl groups is 1. The molecular formula is C27H30O4. The highest BCUT2D eigenvalue weighted by Crippen LogP contribution is 2.58. The zero-order chi connectivity index (χ0) is 21.9. The Morgan fingerprint density at radius 3 is 2.29 bits per heavy atom. The molecule has 2 bridgehead atoms. The molecule has 0 radical (unpaired) electrons. The second kappa shape index (κ2) is 7.52. The standard InChI is InChI=1S/C27H30O4/c1-5-15-11-14(3)12-16(6-2)21(15)23-25(28)22-20-13-19(27(31-20)24(22)26(23)29)17-7-9-18(30-4)10-8-17/h7-12,19-20,22,24,27,29H,5-6,13H2,1-4H3/t19?,20-,22-,24+,27-/m0/s1. The molecule has 0 aromatic heterocycles. The minimum atomic E-state index is -0.259. The van der Waals surface area contributed by atoms with Crippen LogP contribution in [0.25, 0.3) is 5.57 Å². The Morgan fingerprint density at radius 2 is 1.71 bits per heavy atom. The van der Waals surface area contributed by atoms with E-state index in [2.05, 4.69) is 45.0 Å². The first-order valence-corrected chi connectivity index (χ1v) is 11.4. The topological polar surface area (TPSA) is 55.8 Å². The van der Waals surface area contributed by atoms with Crippen molar-refractivity contribution < 1.29 is 19.4 Å². The minimum Gasteiger partial charge on any atom is -0.511 e. The summed E-state index contributed by atoms with van der Waals surface area (Å²) >= 11 is 0. The molecule has 4 heteroatoms. The van der Waals surface area contributed by atoms with Crippen molar-refractivity contribution in [3.05, 3.63) is 70.0 Å². The average Bonchev–Trinajstić information content (AvgIpc) is 3.45. The summed E-state index contributed by atoms with van der Waals surface area (Å²) in [6, 6.07) is 12.4. The monoisotopic (exact) mass is 418 g/mol. The van der Waals surface area contributed by atoms with Crippen LogP contribution in [0.4, 0.5) is 0 Å². The summed E-state index contributed by atoms with van der Waals surface area (Å²) in [5.41, 5.74) is 6.19. The second-order valence-electron chi connectivity index (χ2n) is 9.10. The maximum Gasteiger partial charge on any atom is 0.173 e. The first kappa shape index (κ1) is 20.3. The number of methoxy groups -OCH3 is 1. The predicted octanol–water partition coefficient (Wildman–Crippen LogP) is 5.17. The largest absolute Gasteiger partial charge is 0.511 e. The van der Waals surface area contributed by atoms with Crippen LogP contribution in [0, 0.1) is 18.8 Å². The smallest absolute Gasteiger partial charge is 0.173 e. The van der Waals surface area contributed by atoms with Crippen LogP contribution >= 0.6 is 0 Å². The van der Waals surface area contributed by atoms with Crippen molar-refractivity contribution in [1.82, 2.24) is 0 Å². The van der Waals surface area contributed by atoms with E-state index in [1.165, 1.54) is 11.1 Å². The molecule has 162 valence electrons. The third-order valence-electron chi connectivity index (χ3n) is 7.48. The van der Waals surface area contributed by atoms with E-state index in [0.717, 1.165) is 41.7 Å². The van der Waals surface area contributed by atoms with Gasteiger partial charge in [-0.25, -0.2) is 0 Å². The number of Topliss-reactive ketones (excluding diaryl/α,β-unsaturated/α-hetero) is 1. The quantitative estimate of drug-likeness (QED) is 0.728. The molecule has 1 aliphatic carbocycles. The summed E-state index contributed by atoms with van der Waals surface area (Å²) in [6.07, 6.45) is 2.20. The normalized spacial score (nSPS) is 29.0. The van der Waals surface area contributed by atoms with E-state index in [-0.39, 0.29) is 41.5 Å². The van der Waals surface area contributed by atoms with Gasteiger partial charge in [-0.1, -0.05) is 43.7 Å². The average molecular weight is 419 g/mol. The maximum atomic E-state index is 13.6. The molecule has 2 aromatic rings. The van der Waals surface area contributed by atoms with Crippen LogP contribution in [-0.2, 0) is 22.4 Å². The number of aryl methyl sites for hydroxylation is 3. The lowest BCUT2D eigenvalue weighted by Crippen LogP contribution is -2.33. The van der Waals surface area contributed by atoms with Crippen LogP contribution in [0.15, 0.2) is 42.2 Å². The zero-order valence-corrected chi connectivity index (χ0v) is 18.6. The van der Waals surface area contributed by atoms with E-state index < -0.39 is 0 Å². The first-order valence-electron chi connectivity index (χ1n) is 11.4. The third-order valence-corrected chi connectivity index (χ3v) is 7.48. The molecule has 5 rings (SSSR count). The van der Waals surface area contributed by atoms with Gasteiger partial charge in [-0.3, -0.25) is 4.79 Å². The SMILES string of the molecule is CCc1cc(C)cc(CC)c1C1=C(O)[C@H]2[C@@H](C1=O)[C@@H]1CC(c3ccc(OC)cc3)[C@@H]2O1. The molecule has 2 aromatic carbocycles. The Kier molecular flexibility index (Phi) is 4.93. The molecule has 2 saturated heterocycles. The molecule has 3 aliphatic rings. The van der Waals surface area contributed by atoms with Crippen LogP contribution in [0.3, 0.4) is 0 Å². The lowest BCUT2D eigenvalue weighted by molar-refractivity contribution is -0.118. The van der Waals surface area contributed by atoms with E-state index >= 15 is 0 Å². The second-order valence-corrected chi connectivity index (χ2v) is 9.10. The van der Waals surface area contributed by atoms with Gasteiger partial charge in [-0.15, -0.1) is 0 Å². The molecule has 5 atom stereocenters. The third kappa shape index (κ3) is 2.95.